The Kier molecular flexibility index (Phi) is 16.4. The van der Waals surface area contributed by atoms with E-state index in [1.807, 2.05) is 34.6 Å². The molecule has 2 N–H and O–H groups in total. The average molecular weight is 852 g/mol. The average Bonchev–Trinajstić information content (AvgIpc) is 3.08. The van der Waals surface area contributed by atoms with Crippen LogP contribution >= 0.6 is 22.6 Å². The number of aliphatic hydroxyl groups is 2. The van der Waals surface area contributed by atoms with Gasteiger partial charge in [0.1, 0.15) is 11.4 Å². The van der Waals surface area contributed by atoms with Crippen LogP contribution in [0.4, 0.5) is 0 Å². The standard InChI is InChI=1S/C39H66INO11/c1-14-15-16-41(11)28-17-23(3)48-29(18-28)51-34-26(6)32(50-30-21-37(8,46-12)20-24(4)49-30)27(7)35(44)52-36(40)39(10,45)33(43)25(5)31(42)22(2)19-38(34,9)47-13/h1,22-30,32-34,36,43,45H,15-21H2,2-13H3/t22-,23-,24+,25+,26+,27-,28+,29+,30+,32+,33-,34-,36+,37+,38-,39+/m1/s1. The maximum absolute atomic E-state index is 14.1. The van der Waals surface area contributed by atoms with Gasteiger partial charge in [0.05, 0.1) is 47.6 Å². The molecule has 0 unspecified atom stereocenters. The van der Waals surface area contributed by atoms with Crippen molar-refractivity contribution in [1.29, 1.82) is 0 Å². The van der Waals surface area contributed by atoms with Crippen molar-refractivity contribution in [2.45, 2.75) is 171 Å². The van der Waals surface area contributed by atoms with Crippen molar-refractivity contribution >= 4 is 34.3 Å². The molecule has 3 heterocycles. The van der Waals surface area contributed by atoms with E-state index in [4.69, 9.17) is 39.6 Å². The first-order valence-electron chi connectivity index (χ1n) is 18.8. The summed E-state index contributed by atoms with van der Waals surface area (Å²) in [5.74, 6) is -1.23. The lowest BCUT2D eigenvalue weighted by Crippen LogP contribution is -2.58. The minimum atomic E-state index is -1.94. The monoisotopic (exact) mass is 851 g/mol. The van der Waals surface area contributed by atoms with E-state index >= 15 is 0 Å². The molecule has 3 aliphatic heterocycles. The SMILES string of the molecule is C#CCCN(C)[C@@H]1C[C@H](O[C@@H]2[C@@H](C)[C@H](O[C@H]3C[C@@](C)(OC)C[C@H](C)O3)[C@@H](C)C(=O)O[C@H](I)[C@@](C)(O)[C@H](O)[C@@H](C)C(=O)[C@H](C)C[C@@]2(C)OC)O[C@H](C)C1. The van der Waals surface area contributed by atoms with E-state index < -0.39 is 81.4 Å². The molecule has 52 heavy (non-hydrogen) atoms. The number of carbonyl (C=O) groups excluding carboxylic acids is 2. The zero-order chi connectivity index (χ0) is 39.3. The maximum Gasteiger partial charge on any atom is 0.312 e. The first-order chi connectivity index (χ1) is 24.1. The summed E-state index contributed by atoms with van der Waals surface area (Å²) in [7, 11) is 5.30. The first-order valence-corrected chi connectivity index (χ1v) is 20.0. The van der Waals surface area contributed by atoms with E-state index in [0.29, 0.717) is 25.7 Å². The third-order valence-electron chi connectivity index (χ3n) is 11.8. The molecule has 0 aliphatic carbocycles. The van der Waals surface area contributed by atoms with Crippen LogP contribution in [0.3, 0.4) is 0 Å². The fourth-order valence-corrected chi connectivity index (χ4v) is 8.97. The highest BCUT2D eigenvalue weighted by atomic mass is 127. The van der Waals surface area contributed by atoms with Gasteiger partial charge in [0.2, 0.25) is 0 Å². The second kappa shape index (κ2) is 18.8. The van der Waals surface area contributed by atoms with Crippen molar-refractivity contribution in [2.24, 2.45) is 23.7 Å². The second-order valence-corrected chi connectivity index (χ2v) is 17.5. The Morgan fingerprint density at radius 2 is 1.56 bits per heavy atom. The maximum atomic E-state index is 14.1. The molecule has 0 radical (unpaired) electrons. The third kappa shape index (κ3) is 10.9. The largest absolute Gasteiger partial charge is 0.448 e. The van der Waals surface area contributed by atoms with Gasteiger partial charge in [-0.2, -0.15) is 0 Å². The number of halogens is 1. The van der Waals surface area contributed by atoms with Crippen LogP contribution in [-0.4, -0.2) is 125 Å². The smallest absolute Gasteiger partial charge is 0.312 e. The molecule has 0 saturated carbocycles. The molecule has 0 aromatic carbocycles. The van der Waals surface area contributed by atoms with Crippen molar-refractivity contribution in [3.8, 4) is 12.3 Å². The molecule has 0 aromatic heterocycles. The zero-order valence-corrected chi connectivity index (χ0v) is 35.6. The van der Waals surface area contributed by atoms with Crippen LogP contribution in [0.15, 0.2) is 0 Å². The molecule has 0 spiro atoms. The summed E-state index contributed by atoms with van der Waals surface area (Å²) in [6.45, 7) is 17.0. The summed E-state index contributed by atoms with van der Waals surface area (Å²) < 4.78 is 43.5. The number of hydrogen-bond acceptors (Lipinski definition) is 12. The van der Waals surface area contributed by atoms with E-state index in [9.17, 15) is 19.8 Å². The molecule has 16 atom stereocenters. The van der Waals surface area contributed by atoms with Crippen LogP contribution in [-0.2, 0) is 42.7 Å². The number of terminal acetylenes is 1. The summed E-state index contributed by atoms with van der Waals surface area (Å²) in [6.07, 6.45) is 4.05. The number of esters is 1. The van der Waals surface area contributed by atoms with Crippen LogP contribution in [0.1, 0.15) is 101 Å². The molecule has 3 saturated heterocycles. The van der Waals surface area contributed by atoms with Crippen LogP contribution in [0.25, 0.3) is 0 Å². The quantitative estimate of drug-likeness (QED) is 0.142. The normalized spacial score (nSPS) is 45.9. The summed E-state index contributed by atoms with van der Waals surface area (Å²) in [5, 5.41) is 22.8. The highest BCUT2D eigenvalue weighted by Crippen LogP contribution is 2.42. The van der Waals surface area contributed by atoms with E-state index in [0.717, 1.165) is 13.0 Å². The lowest BCUT2D eigenvalue weighted by atomic mass is 9.74. The van der Waals surface area contributed by atoms with Gasteiger partial charge in [0.25, 0.3) is 0 Å². The molecule has 0 amide bonds. The molecular formula is C39H66INO11. The van der Waals surface area contributed by atoms with E-state index in [1.54, 1.807) is 57.6 Å². The van der Waals surface area contributed by atoms with Crippen molar-refractivity contribution < 1.29 is 53.0 Å². The Morgan fingerprint density at radius 1 is 0.923 bits per heavy atom. The molecule has 3 rings (SSSR count). The minimum Gasteiger partial charge on any atom is -0.448 e. The van der Waals surface area contributed by atoms with E-state index in [1.165, 1.54) is 6.92 Å². The fraction of sp³-hybridized carbons (Fsp3) is 0.897. The number of carbonyl (C=O) groups is 2. The fourth-order valence-electron chi connectivity index (χ4n) is 8.35. The second-order valence-electron chi connectivity index (χ2n) is 16.4. The van der Waals surface area contributed by atoms with Gasteiger partial charge in [-0.1, -0.05) is 20.8 Å². The third-order valence-corrected chi connectivity index (χ3v) is 13.3. The number of hydrogen-bond donors (Lipinski definition) is 2. The van der Waals surface area contributed by atoms with Crippen molar-refractivity contribution in [3.63, 3.8) is 0 Å². The van der Waals surface area contributed by atoms with Crippen molar-refractivity contribution in [3.05, 3.63) is 0 Å². The Bertz CT molecular complexity index is 1230. The zero-order valence-electron chi connectivity index (χ0n) is 33.4. The van der Waals surface area contributed by atoms with Gasteiger partial charge < -0.3 is 48.3 Å². The summed E-state index contributed by atoms with van der Waals surface area (Å²) in [5.41, 5.74) is -3.57. The Hall–Kier alpha value is -0.930. The molecule has 3 fully saturated rings. The van der Waals surface area contributed by atoms with Crippen LogP contribution in [0.5, 0.6) is 0 Å². The number of ketones is 1. The van der Waals surface area contributed by atoms with Gasteiger partial charge in [-0.3, -0.25) is 9.59 Å². The van der Waals surface area contributed by atoms with Gasteiger partial charge in [-0.25, -0.2) is 0 Å². The lowest BCUT2D eigenvalue weighted by molar-refractivity contribution is -0.293. The molecule has 0 aromatic rings. The van der Waals surface area contributed by atoms with E-state index in [2.05, 4.69) is 17.9 Å². The Morgan fingerprint density at radius 3 is 2.15 bits per heavy atom. The molecule has 0 bridgehead atoms. The number of ether oxygens (including phenoxy) is 7. The highest BCUT2D eigenvalue weighted by molar-refractivity contribution is 14.1. The molecular weight excluding hydrogens is 785 g/mol. The van der Waals surface area contributed by atoms with Crippen LogP contribution in [0, 0.1) is 36.0 Å². The highest BCUT2D eigenvalue weighted by Gasteiger charge is 2.52. The van der Waals surface area contributed by atoms with Crippen LogP contribution < -0.4 is 0 Å². The van der Waals surface area contributed by atoms with Gasteiger partial charge in [-0.05, 0) is 84.0 Å². The number of aliphatic hydroxyl groups excluding tert-OH is 1. The number of rotatable bonds is 9. The van der Waals surface area contributed by atoms with E-state index in [-0.39, 0.29) is 30.5 Å². The van der Waals surface area contributed by atoms with Crippen molar-refractivity contribution in [1.82, 2.24) is 4.90 Å². The Balaban J connectivity index is 2.15. The summed E-state index contributed by atoms with van der Waals surface area (Å²) >= 11 is 1.80. The van der Waals surface area contributed by atoms with Crippen molar-refractivity contribution in [2.75, 3.05) is 27.8 Å². The minimum absolute atomic E-state index is 0.110. The van der Waals surface area contributed by atoms with Gasteiger partial charge in [-0.15, -0.1) is 12.3 Å². The molecule has 13 heteroatoms. The summed E-state index contributed by atoms with van der Waals surface area (Å²) in [6, 6.07) is 0.144. The number of alkyl halides is 1. The Labute approximate surface area is 325 Å². The number of Topliss-reactive ketones (excluding diaryl/α,β-unsaturated/α-hetero) is 1. The topological polar surface area (TPSA) is 142 Å². The number of nitrogens with zero attached hydrogens (tertiary/aromatic N) is 1. The van der Waals surface area contributed by atoms with Gasteiger partial charge in [0.15, 0.2) is 16.7 Å². The predicted octanol–water partition coefficient (Wildman–Crippen LogP) is 4.87. The molecule has 12 nitrogen and oxygen atoms in total. The summed E-state index contributed by atoms with van der Waals surface area (Å²) in [4.78, 5) is 30.2. The lowest BCUT2D eigenvalue weighted by Gasteiger charge is -2.48. The van der Waals surface area contributed by atoms with Crippen LogP contribution in [0.2, 0.25) is 0 Å². The molecule has 300 valence electrons. The number of methoxy groups -OCH3 is 2. The first kappa shape index (κ1) is 45.5. The number of cyclic esters (lactones) is 1. The van der Waals surface area contributed by atoms with Gasteiger partial charge >= 0.3 is 5.97 Å². The van der Waals surface area contributed by atoms with Gasteiger partial charge in [0, 0.05) is 70.2 Å². The molecule has 3 aliphatic rings. The predicted molar refractivity (Wildman–Crippen MR) is 204 cm³/mol.